The largest absolute Gasteiger partial charge is 0.313 e. The molecule has 4 nitrogen and oxygen atoms in total. The number of hydrogen-bond acceptors (Lipinski definition) is 3. The number of aromatic nitrogens is 3. The van der Waals surface area contributed by atoms with Gasteiger partial charge in [0.2, 0.25) is 0 Å². The Morgan fingerprint density at radius 1 is 1.22 bits per heavy atom. The van der Waals surface area contributed by atoms with Gasteiger partial charge in [-0.1, -0.05) is 23.4 Å². The molecule has 2 aromatic rings. The third-order valence-corrected chi connectivity index (χ3v) is 3.16. The highest BCUT2D eigenvalue weighted by Crippen LogP contribution is 2.12. The summed E-state index contributed by atoms with van der Waals surface area (Å²) < 4.78 is 1.86. The Labute approximate surface area is 108 Å². The maximum atomic E-state index is 3.94. The van der Waals surface area contributed by atoms with Gasteiger partial charge in [0.1, 0.15) is 0 Å². The Balaban J connectivity index is 1.72. The lowest BCUT2D eigenvalue weighted by Crippen LogP contribution is -2.18. The van der Waals surface area contributed by atoms with Gasteiger partial charge in [-0.2, -0.15) is 0 Å². The Morgan fingerprint density at radius 2 is 2.00 bits per heavy atom. The van der Waals surface area contributed by atoms with E-state index < -0.39 is 0 Å². The summed E-state index contributed by atoms with van der Waals surface area (Å²) in [7, 11) is 0. The lowest BCUT2D eigenvalue weighted by atomic mass is 10.0. The zero-order valence-electron chi connectivity index (χ0n) is 11.1. The second kappa shape index (κ2) is 6.31. The number of rotatable bonds is 6. The van der Waals surface area contributed by atoms with Crippen LogP contribution in [-0.2, 0) is 13.1 Å². The fourth-order valence-corrected chi connectivity index (χ4v) is 2.06. The Hall–Kier alpha value is -1.68. The van der Waals surface area contributed by atoms with Crippen molar-refractivity contribution in [1.29, 1.82) is 0 Å². The lowest BCUT2D eigenvalue weighted by Gasteiger charge is -2.10. The Kier molecular flexibility index (Phi) is 4.47. The van der Waals surface area contributed by atoms with Crippen molar-refractivity contribution in [2.24, 2.45) is 0 Å². The molecule has 0 spiro atoms. The SMILES string of the molecule is Cc1cccc(C)c1CNCCCn1ccnn1. The molecule has 4 heteroatoms. The molecular formula is C14H20N4. The van der Waals surface area contributed by atoms with E-state index in [1.165, 1.54) is 16.7 Å². The minimum atomic E-state index is 0.916. The zero-order chi connectivity index (χ0) is 12.8. The molecule has 0 aliphatic rings. The molecule has 1 aromatic carbocycles. The average molecular weight is 244 g/mol. The molecule has 0 saturated heterocycles. The monoisotopic (exact) mass is 244 g/mol. The van der Waals surface area contributed by atoms with E-state index in [0.29, 0.717) is 0 Å². The first-order valence-electron chi connectivity index (χ1n) is 6.37. The first-order valence-corrected chi connectivity index (χ1v) is 6.37. The standard InChI is InChI=1S/C14H20N4/c1-12-5-3-6-13(2)14(12)11-15-7-4-9-18-10-8-16-17-18/h3,5-6,8,10,15H,4,7,9,11H2,1-2H3. The van der Waals surface area contributed by atoms with Crippen LogP contribution >= 0.6 is 0 Å². The van der Waals surface area contributed by atoms with Gasteiger partial charge in [-0.05, 0) is 43.5 Å². The van der Waals surface area contributed by atoms with Gasteiger partial charge in [-0.25, -0.2) is 0 Å². The van der Waals surface area contributed by atoms with Crippen molar-refractivity contribution in [3.63, 3.8) is 0 Å². The highest BCUT2D eigenvalue weighted by atomic mass is 15.4. The molecule has 0 aliphatic heterocycles. The molecule has 1 N–H and O–H groups in total. The van der Waals surface area contributed by atoms with Gasteiger partial charge in [0.15, 0.2) is 0 Å². The number of aryl methyl sites for hydroxylation is 3. The van der Waals surface area contributed by atoms with Crippen LogP contribution in [0.1, 0.15) is 23.1 Å². The predicted molar refractivity (Wildman–Crippen MR) is 72.3 cm³/mol. The fourth-order valence-electron chi connectivity index (χ4n) is 2.06. The van der Waals surface area contributed by atoms with Gasteiger partial charge < -0.3 is 5.32 Å². The smallest absolute Gasteiger partial charge is 0.0692 e. The summed E-state index contributed by atoms with van der Waals surface area (Å²) in [5.74, 6) is 0. The molecule has 0 atom stereocenters. The molecular weight excluding hydrogens is 224 g/mol. The average Bonchev–Trinajstić information content (AvgIpc) is 2.85. The first kappa shape index (κ1) is 12.8. The molecule has 18 heavy (non-hydrogen) atoms. The van der Waals surface area contributed by atoms with E-state index in [0.717, 1.165) is 26.1 Å². The van der Waals surface area contributed by atoms with Gasteiger partial charge in [-0.15, -0.1) is 5.10 Å². The van der Waals surface area contributed by atoms with Crippen molar-refractivity contribution in [1.82, 2.24) is 20.3 Å². The van der Waals surface area contributed by atoms with Crippen LogP contribution in [0.3, 0.4) is 0 Å². The van der Waals surface area contributed by atoms with Crippen LogP contribution in [0.25, 0.3) is 0 Å². The van der Waals surface area contributed by atoms with E-state index in [1.807, 2.05) is 10.9 Å². The second-order valence-corrected chi connectivity index (χ2v) is 4.57. The van der Waals surface area contributed by atoms with Gasteiger partial charge in [-0.3, -0.25) is 4.68 Å². The predicted octanol–water partition coefficient (Wildman–Crippen LogP) is 2.07. The number of hydrogen-bond donors (Lipinski definition) is 1. The van der Waals surface area contributed by atoms with Crippen LogP contribution in [0.15, 0.2) is 30.6 Å². The normalized spacial score (nSPS) is 10.8. The van der Waals surface area contributed by atoms with Gasteiger partial charge >= 0.3 is 0 Å². The summed E-state index contributed by atoms with van der Waals surface area (Å²) in [5.41, 5.74) is 4.14. The molecule has 0 unspecified atom stereocenters. The molecule has 0 fully saturated rings. The Bertz CT molecular complexity index is 456. The molecule has 0 amide bonds. The molecule has 2 rings (SSSR count). The molecule has 1 heterocycles. The van der Waals surface area contributed by atoms with E-state index in [1.54, 1.807) is 6.20 Å². The minimum Gasteiger partial charge on any atom is -0.313 e. The number of nitrogens with zero attached hydrogens (tertiary/aromatic N) is 3. The Morgan fingerprint density at radius 3 is 2.67 bits per heavy atom. The quantitative estimate of drug-likeness (QED) is 0.791. The highest BCUT2D eigenvalue weighted by Gasteiger charge is 2.01. The molecule has 0 aliphatic carbocycles. The van der Waals surface area contributed by atoms with Crippen LogP contribution in [0.2, 0.25) is 0 Å². The fraction of sp³-hybridized carbons (Fsp3) is 0.429. The van der Waals surface area contributed by atoms with E-state index in [9.17, 15) is 0 Å². The van der Waals surface area contributed by atoms with E-state index in [-0.39, 0.29) is 0 Å². The van der Waals surface area contributed by atoms with Crippen LogP contribution in [0.4, 0.5) is 0 Å². The van der Waals surface area contributed by atoms with Gasteiger partial charge in [0, 0.05) is 19.3 Å². The van der Waals surface area contributed by atoms with Crippen molar-refractivity contribution in [2.45, 2.75) is 33.4 Å². The maximum Gasteiger partial charge on any atom is 0.0692 e. The van der Waals surface area contributed by atoms with Crippen molar-refractivity contribution >= 4 is 0 Å². The van der Waals surface area contributed by atoms with Crippen LogP contribution < -0.4 is 5.32 Å². The molecule has 0 saturated carbocycles. The van der Waals surface area contributed by atoms with Gasteiger partial charge in [0.25, 0.3) is 0 Å². The van der Waals surface area contributed by atoms with E-state index in [2.05, 4.69) is 47.7 Å². The van der Waals surface area contributed by atoms with E-state index in [4.69, 9.17) is 0 Å². The molecule has 0 radical (unpaired) electrons. The summed E-state index contributed by atoms with van der Waals surface area (Å²) in [5, 5.41) is 11.2. The molecule has 96 valence electrons. The highest BCUT2D eigenvalue weighted by molar-refractivity contribution is 5.33. The minimum absolute atomic E-state index is 0.916. The summed E-state index contributed by atoms with van der Waals surface area (Å²) in [6, 6.07) is 6.44. The third kappa shape index (κ3) is 3.40. The summed E-state index contributed by atoms with van der Waals surface area (Å²) in [4.78, 5) is 0. The number of nitrogens with one attached hydrogen (secondary N) is 1. The first-order chi connectivity index (χ1) is 8.77. The van der Waals surface area contributed by atoms with Crippen LogP contribution in [-0.4, -0.2) is 21.5 Å². The molecule has 0 bridgehead atoms. The molecule has 1 aromatic heterocycles. The zero-order valence-corrected chi connectivity index (χ0v) is 11.1. The topological polar surface area (TPSA) is 42.7 Å². The van der Waals surface area contributed by atoms with Crippen molar-refractivity contribution in [3.8, 4) is 0 Å². The summed E-state index contributed by atoms with van der Waals surface area (Å²) in [6.07, 6.45) is 4.67. The van der Waals surface area contributed by atoms with Crippen LogP contribution in [0, 0.1) is 13.8 Å². The van der Waals surface area contributed by atoms with Crippen LogP contribution in [0.5, 0.6) is 0 Å². The van der Waals surface area contributed by atoms with Crippen molar-refractivity contribution < 1.29 is 0 Å². The third-order valence-electron chi connectivity index (χ3n) is 3.16. The lowest BCUT2D eigenvalue weighted by molar-refractivity contribution is 0.529. The van der Waals surface area contributed by atoms with Crippen molar-refractivity contribution in [3.05, 3.63) is 47.3 Å². The maximum absolute atomic E-state index is 3.94. The van der Waals surface area contributed by atoms with E-state index >= 15 is 0 Å². The summed E-state index contributed by atoms with van der Waals surface area (Å²) in [6.45, 7) is 7.18. The van der Waals surface area contributed by atoms with Crippen molar-refractivity contribution in [2.75, 3.05) is 6.54 Å². The number of benzene rings is 1. The van der Waals surface area contributed by atoms with Gasteiger partial charge in [0.05, 0.1) is 6.20 Å². The second-order valence-electron chi connectivity index (χ2n) is 4.57. The summed E-state index contributed by atoms with van der Waals surface area (Å²) >= 11 is 0.